The lowest BCUT2D eigenvalue weighted by Gasteiger charge is -2.05. The van der Waals surface area contributed by atoms with Gasteiger partial charge >= 0.3 is 0 Å². The van der Waals surface area contributed by atoms with Crippen LogP contribution in [0.3, 0.4) is 0 Å². The Labute approximate surface area is 118 Å². The van der Waals surface area contributed by atoms with Crippen LogP contribution < -0.4 is 10.1 Å². The van der Waals surface area contributed by atoms with Crippen molar-refractivity contribution in [3.63, 3.8) is 0 Å². The maximum atomic E-state index is 5.13. The number of methoxy groups -OCH3 is 1. The lowest BCUT2D eigenvalue weighted by atomic mass is 10.2. The van der Waals surface area contributed by atoms with Gasteiger partial charge in [-0.25, -0.2) is 0 Å². The van der Waals surface area contributed by atoms with E-state index in [-0.39, 0.29) is 0 Å². The minimum atomic E-state index is 0.924. The van der Waals surface area contributed by atoms with Crippen LogP contribution in [0, 0.1) is 0 Å². The highest BCUT2D eigenvalue weighted by Crippen LogP contribution is 2.10. The fourth-order valence-corrected chi connectivity index (χ4v) is 2.21. The summed E-state index contributed by atoms with van der Waals surface area (Å²) in [6, 6.07) is 8.25. The standard InChI is InChI=1S/C14H22INO/c1-17-14-8-6-13(7-9-14)12-16-11-5-3-2-4-10-15/h6-9,16H,2-5,10-12H2,1H3. The highest BCUT2D eigenvalue weighted by molar-refractivity contribution is 14.1. The normalized spacial score (nSPS) is 10.5. The Balaban J connectivity index is 2.05. The Morgan fingerprint density at radius 2 is 1.76 bits per heavy atom. The lowest BCUT2D eigenvalue weighted by Crippen LogP contribution is -2.14. The maximum absolute atomic E-state index is 5.13. The molecule has 17 heavy (non-hydrogen) atoms. The zero-order valence-corrected chi connectivity index (χ0v) is 12.7. The summed E-state index contributed by atoms with van der Waals surface area (Å²) in [6.45, 7) is 2.07. The van der Waals surface area contributed by atoms with Gasteiger partial charge in [0.05, 0.1) is 7.11 Å². The van der Waals surface area contributed by atoms with E-state index in [4.69, 9.17) is 4.74 Å². The van der Waals surface area contributed by atoms with Crippen LogP contribution in [0.5, 0.6) is 5.75 Å². The number of unbranched alkanes of at least 4 members (excludes halogenated alkanes) is 3. The lowest BCUT2D eigenvalue weighted by molar-refractivity contribution is 0.414. The van der Waals surface area contributed by atoms with Crippen LogP contribution in [0.15, 0.2) is 24.3 Å². The fraction of sp³-hybridized carbons (Fsp3) is 0.571. The third-order valence-corrected chi connectivity index (χ3v) is 3.49. The number of alkyl halides is 1. The summed E-state index contributed by atoms with van der Waals surface area (Å²) in [5.74, 6) is 0.924. The van der Waals surface area contributed by atoms with E-state index in [9.17, 15) is 0 Å². The summed E-state index contributed by atoms with van der Waals surface area (Å²) >= 11 is 2.44. The molecule has 0 unspecified atom stereocenters. The van der Waals surface area contributed by atoms with Gasteiger partial charge in [0, 0.05) is 6.54 Å². The van der Waals surface area contributed by atoms with E-state index in [0.29, 0.717) is 0 Å². The number of halogens is 1. The largest absolute Gasteiger partial charge is 0.497 e. The van der Waals surface area contributed by atoms with E-state index in [1.165, 1.54) is 35.7 Å². The molecule has 1 aromatic rings. The molecule has 0 heterocycles. The molecule has 0 atom stereocenters. The first kappa shape index (κ1) is 14.8. The van der Waals surface area contributed by atoms with Gasteiger partial charge in [-0.3, -0.25) is 0 Å². The van der Waals surface area contributed by atoms with Crippen LogP contribution in [-0.4, -0.2) is 18.1 Å². The summed E-state index contributed by atoms with van der Waals surface area (Å²) in [5.41, 5.74) is 1.32. The van der Waals surface area contributed by atoms with E-state index >= 15 is 0 Å². The minimum absolute atomic E-state index is 0.924. The van der Waals surface area contributed by atoms with Gasteiger partial charge in [-0.15, -0.1) is 0 Å². The van der Waals surface area contributed by atoms with Crippen molar-refractivity contribution in [1.29, 1.82) is 0 Å². The highest BCUT2D eigenvalue weighted by Gasteiger charge is 1.94. The van der Waals surface area contributed by atoms with Crippen molar-refractivity contribution >= 4 is 22.6 Å². The molecule has 0 bridgehead atoms. The van der Waals surface area contributed by atoms with Crippen molar-refractivity contribution < 1.29 is 4.74 Å². The van der Waals surface area contributed by atoms with Crippen LogP contribution in [0.25, 0.3) is 0 Å². The second-order valence-corrected chi connectivity index (χ2v) is 5.21. The van der Waals surface area contributed by atoms with Gasteiger partial charge < -0.3 is 10.1 Å². The van der Waals surface area contributed by atoms with Crippen molar-refractivity contribution in [2.45, 2.75) is 32.2 Å². The quantitative estimate of drug-likeness (QED) is 0.417. The van der Waals surface area contributed by atoms with Gasteiger partial charge in [0.1, 0.15) is 5.75 Å². The van der Waals surface area contributed by atoms with Crippen LogP contribution >= 0.6 is 22.6 Å². The predicted octanol–water partition coefficient (Wildman–Crippen LogP) is 3.78. The number of benzene rings is 1. The number of ether oxygens (including phenoxy) is 1. The van der Waals surface area contributed by atoms with Crippen LogP contribution in [0.1, 0.15) is 31.2 Å². The van der Waals surface area contributed by atoms with Crippen molar-refractivity contribution in [3.8, 4) is 5.75 Å². The van der Waals surface area contributed by atoms with Crippen LogP contribution in [0.4, 0.5) is 0 Å². The van der Waals surface area contributed by atoms with Gasteiger partial charge in [0.15, 0.2) is 0 Å². The Kier molecular flexibility index (Phi) is 8.44. The van der Waals surface area contributed by atoms with Gasteiger partial charge in [-0.2, -0.15) is 0 Å². The molecule has 0 fully saturated rings. The molecule has 0 saturated heterocycles. The van der Waals surface area contributed by atoms with Gasteiger partial charge in [0.25, 0.3) is 0 Å². The topological polar surface area (TPSA) is 21.3 Å². The fourth-order valence-electron chi connectivity index (χ4n) is 1.67. The molecule has 3 heteroatoms. The van der Waals surface area contributed by atoms with Crippen molar-refractivity contribution in [1.82, 2.24) is 5.32 Å². The Morgan fingerprint density at radius 1 is 1.06 bits per heavy atom. The number of hydrogen-bond acceptors (Lipinski definition) is 2. The Hall–Kier alpha value is -0.290. The maximum Gasteiger partial charge on any atom is 0.118 e. The molecule has 0 aliphatic heterocycles. The monoisotopic (exact) mass is 347 g/mol. The van der Waals surface area contributed by atoms with Crippen molar-refractivity contribution in [3.05, 3.63) is 29.8 Å². The molecule has 0 aliphatic rings. The zero-order chi connectivity index (χ0) is 12.3. The third kappa shape index (κ3) is 6.88. The Morgan fingerprint density at radius 3 is 2.41 bits per heavy atom. The molecule has 0 amide bonds. The number of hydrogen-bond donors (Lipinski definition) is 1. The highest BCUT2D eigenvalue weighted by atomic mass is 127. The summed E-state index contributed by atoms with van der Waals surface area (Å²) in [5, 5.41) is 3.47. The average Bonchev–Trinajstić information content (AvgIpc) is 2.38. The summed E-state index contributed by atoms with van der Waals surface area (Å²) in [7, 11) is 1.70. The number of rotatable bonds is 9. The zero-order valence-electron chi connectivity index (χ0n) is 10.5. The number of nitrogens with one attached hydrogen (secondary N) is 1. The van der Waals surface area contributed by atoms with Crippen LogP contribution in [-0.2, 0) is 6.54 Å². The average molecular weight is 347 g/mol. The molecule has 0 aliphatic carbocycles. The summed E-state index contributed by atoms with van der Waals surface area (Å²) in [4.78, 5) is 0. The second-order valence-electron chi connectivity index (χ2n) is 4.13. The van der Waals surface area contributed by atoms with E-state index in [1.807, 2.05) is 12.1 Å². The van der Waals surface area contributed by atoms with Crippen molar-refractivity contribution in [2.75, 3.05) is 18.1 Å². The molecule has 1 N–H and O–H groups in total. The summed E-state index contributed by atoms with van der Waals surface area (Å²) < 4.78 is 6.42. The van der Waals surface area contributed by atoms with E-state index in [2.05, 4.69) is 40.0 Å². The first-order chi connectivity index (χ1) is 8.36. The van der Waals surface area contributed by atoms with E-state index in [0.717, 1.165) is 18.8 Å². The molecule has 1 aromatic carbocycles. The SMILES string of the molecule is COc1ccc(CNCCCCCCI)cc1. The third-order valence-electron chi connectivity index (χ3n) is 2.73. The minimum Gasteiger partial charge on any atom is -0.497 e. The molecular weight excluding hydrogens is 325 g/mol. The second kappa shape index (κ2) is 9.71. The molecule has 0 radical (unpaired) electrons. The smallest absolute Gasteiger partial charge is 0.118 e. The van der Waals surface area contributed by atoms with Gasteiger partial charge in [0.2, 0.25) is 0 Å². The molecule has 0 spiro atoms. The molecule has 1 rings (SSSR count). The van der Waals surface area contributed by atoms with Crippen molar-refractivity contribution in [2.24, 2.45) is 0 Å². The van der Waals surface area contributed by atoms with Gasteiger partial charge in [-0.1, -0.05) is 47.6 Å². The van der Waals surface area contributed by atoms with E-state index in [1.54, 1.807) is 7.11 Å². The predicted molar refractivity (Wildman–Crippen MR) is 82.1 cm³/mol. The molecular formula is C14H22INO. The molecule has 2 nitrogen and oxygen atoms in total. The first-order valence-corrected chi connectivity index (χ1v) is 7.79. The van der Waals surface area contributed by atoms with E-state index < -0.39 is 0 Å². The Bertz CT molecular complexity index is 287. The summed E-state index contributed by atoms with van der Waals surface area (Å²) in [6.07, 6.45) is 5.36. The van der Waals surface area contributed by atoms with Gasteiger partial charge in [-0.05, 0) is 41.5 Å². The molecule has 0 saturated carbocycles. The molecule has 0 aromatic heterocycles. The van der Waals surface area contributed by atoms with Crippen LogP contribution in [0.2, 0.25) is 0 Å². The first-order valence-electron chi connectivity index (χ1n) is 6.26. The molecule has 96 valence electrons.